The molecule has 0 saturated heterocycles. The molecule has 0 bridgehead atoms. The minimum atomic E-state index is 0.149. The van der Waals surface area contributed by atoms with Crippen molar-refractivity contribution in [3.05, 3.63) is 34.9 Å². The van der Waals surface area contributed by atoms with E-state index in [9.17, 15) is 4.79 Å². The van der Waals surface area contributed by atoms with E-state index >= 15 is 0 Å². The lowest BCUT2D eigenvalue weighted by Crippen LogP contribution is -2.13. The van der Waals surface area contributed by atoms with Crippen LogP contribution in [0.25, 0.3) is 0 Å². The number of Topliss-reactive ketones (excluding diaryl/α,β-unsaturated/α-hetero) is 1. The SMILES string of the molecule is CCC(=O)C(C)Cc1ccc(CC)cc1C. The normalized spacial score (nSPS) is 12.5. The van der Waals surface area contributed by atoms with Crippen LogP contribution >= 0.6 is 0 Å². The molecular formula is C15H22O. The molecular weight excluding hydrogens is 196 g/mol. The molecule has 0 fully saturated rings. The van der Waals surface area contributed by atoms with E-state index < -0.39 is 0 Å². The van der Waals surface area contributed by atoms with Crippen LogP contribution in [-0.2, 0) is 17.6 Å². The van der Waals surface area contributed by atoms with Crippen LogP contribution in [0.1, 0.15) is 43.9 Å². The number of ketones is 1. The fraction of sp³-hybridized carbons (Fsp3) is 0.533. The van der Waals surface area contributed by atoms with E-state index in [4.69, 9.17) is 0 Å². The van der Waals surface area contributed by atoms with Crippen LogP contribution in [0, 0.1) is 12.8 Å². The van der Waals surface area contributed by atoms with Crippen LogP contribution in [-0.4, -0.2) is 5.78 Å². The van der Waals surface area contributed by atoms with Gasteiger partial charge < -0.3 is 0 Å². The largest absolute Gasteiger partial charge is 0.299 e. The molecule has 1 heteroatoms. The monoisotopic (exact) mass is 218 g/mol. The number of carbonyl (C=O) groups excluding carboxylic acids is 1. The lowest BCUT2D eigenvalue weighted by molar-refractivity contribution is -0.122. The summed E-state index contributed by atoms with van der Waals surface area (Å²) < 4.78 is 0. The van der Waals surface area contributed by atoms with E-state index in [1.165, 1.54) is 16.7 Å². The zero-order chi connectivity index (χ0) is 12.1. The van der Waals surface area contributed by atoms with E-state index in [0.717, 1.165) is 12.8 Å². The van der Waals surface area contributed by atoms with Gasteiger partial charge in [-0.3, -0.25) is 4.79 Å². The molecule has 1 aromatic rings. The van der Waals surface area contributed by atoms with Crippen LogP contribution in [0.2, 0.25) is 0 Å². The minimum absolute atomic E-state index is 0.149. The molecule has 1 aromatic carbocycles. The average molecular weight is 218 g/mol. The average Bonchev–Trinajstić information content (AvgIpc) is 2.30. The van der Waals surface area contributed by atoms with Gasteiger partial charge in [0.25, 0.3) is 0 Å². The number of carbonyl (C=O) groups is 1. The van der Waals surface area contributed by atoms with Gasteiger partial charge in [-0.25, -0.2) is 0 Å². The van der Waals surface area contributed by atoms with Gasteiger partial charge in [0.1, 0.15) is 5.78 Å². The summed E-state index contributed by atoms with van der Waals surface area (Å²) in [7, 11) is 0. The van der Waals surface area contributed by atoms with Gasteiger partial charge in [-0.05, 0) is 36.5 Å². The second kappa shape index (κ2) is 5.83. The third kappa shape index (κ3) is 3.19. The Hall–Kier alpha value is -1.11. The van der Waals surface area contributed by atoms with E-state index in [2.05, 4.69) is 32.0 Å². The Morgan fingerprint density at radius 1 is 1.31 bits per heavy atom. The fourth-order valence-electron chi connectivity index (χ4n) is 2.00. The summed E-state index contributed by atoms with van der Waals surface area (Å²) in [6.45, 7) is 8.26. The number of hydrogen-bond acceptors (Lipinski definition) is 1. The van der Waals surface area contributed by atoms with Crippen LogP contribution in [0.3, 0.4) is 0 Å². The molecule has 0 aliphatic heterocycles. The van der Waals surface area contributed by atoms with Crippen molar-refractivity contribution in [1.29, 1.82) is 0 Å². The van der Waals surface area contributed by atoms with E-state index in [0.29, 0.717) is 12.2 Å². The van der Waals surface area contributed by atoms with E-state index in [-0.39, 0.29) is 5.92 Å². The highest BCUT2D eigenvalue weighted by Crippen LogP contribution is 2.17. The lowest BCUT2D eigenvalue weighted by Gasteiger charge is -2.12. The van der Waals surface area contributed by atoms with Gasteiger partial charge in [-0.2, -0.15) is 0 Å². The highest BCUT2D eigenvalue weighted by atomic mass is 16.1. The Balaban J connectivity index is 2.78. The van der Waals surface area contributed by atoms with Crippen LogP contribution in [0.4, 0.5) is 0 Å². The molecule has 1 atom stereocenters. The van der Waals surface area contributed by atoms with Crippen molar-refractivity contribution in [2.75, 3.05) is 0 Å². The molecule has 1 rings (SSSR count). The van der Waals surface area contributed by atoms with Crippen molar-refractivity contribution in [2.24, 2.45) is 5.92 Å². The molecule has 0 spiro atoms. The van der Waals surface area contributed by atoms with E-state index in [1.54, 1.807) is 0 Å². The summed E-state index contributed by atoms with van der Waals surface area (Å²) >= 11 is 0. The standard InChI is InChI=1S/C15H22O/c1-5-13-7-8-14(11(3)9-13)10-12(4)15(16)6-2/h7-9,12H,5-6,10H2,1-4H3. The molecule has 16 heavy (non-hydrogen) atoms. The molecule has 0 radical (unpaired) electrons. The van der Waals surface area contributed by atoms with Gasteiger partial charge in [0.05, 0.1) is 0 Å². The van der Waals surface area contributed by atoms with Crippen molar-refractivity contribution in [3.8, 4) is 0 Å². The summed E-state index contributed by atoms with van der Waals surface area (Å²) in [6, 6.07) is 6.58. The second-order valence-corrected chi connectivity index (χ2v) is 4.54. The van der Waals surface area contributed by atoms with Crippen LogP contribution < -0.4 is 0 Å². The summed E-state index contributed by atoms with van der Waals surface area (Å²) in [5, 5.41) is 0. The summed E-state index contributed by atoms with van der Waals surface area (Å²) in [6.07, 6.45) is 2.60. The molecule has 88 valence electrons. The first-order chi connectivity index (χ1) is 7.58. The Morgan fingerprint density at radius 3 is 2.50 bits per heavy atom. The predicted molar refractivity (Wildman–Crippen MR) is 68.7 cm³/mol. The zero-order valence-corrected chi connectivity index (χ0v) is 10.8. The number of rotatable bonds is 5. The van der Waals surface area contributed by atoms with Gasteiger partial charge in [-0.1, -0.05) is 39.0 Å². The Labute approximate surface area is 98.9 Å². The Morgan fingerprint density at radius 2 is 2.00 bits per heavy atom. The topological polar surface area (TPSA) is 17.1 Å². The molecule has 0 N–H and O–H groups in total. The van der Waals surface area contributed by atoms with Crippen molar-refractivity contribution in [3.63, 3.8) is 0 Å². The smallest absolute Gasteiger partial charge is 0.135 e. The van der Waals surface area contributed by atoms with Gasteiger partial charge >= 0.3 is 0 Å². The summed E-state index contributed by atoms with van der Waals surface area (Å²) in [4.78, 5) is 11.6. The van der Waals surface area contributed by atoms with Gasteiger partial charge in [0.15, 0.2) is 0 Å². The lowest BCUT2D eigenvalue weighted by atomic mass is 9.92. The van der Waals surface area contributed by atoms with E-state index in [1.807, 2.05) is 13.8 Å². The molecule has 0 heterocycles. The zero-order valence-electron chi connectivity index (χ0n) is 10.8. The molecule has 1 unspecified atom stereocenters. The quantitative estimate of drug-likeness (QED) is 0.736. The number of benzene rings is 1. The van der Waals surface area contributed by atoms with Crippen LogP contribution in [0.5, 0.6) is 0 Å². The summed E-state index contributed by atoms with van der Waals surface area (Å²) in [5.41, 5.74) is 4.00. The minimum Gasteiger partial charge on any atom is -0.299 e. The second-order valence-electron chi connectivity index (χ2n) is 4.54. The maximum Gasteiger partial charge on any atom is 0.135 e. The molecule has 0 aliphatic rings. The molecule has 0 aromatic heterocycles. The summed E-state index contributed by atoms with van der Waals surface area (Å²) in [5.74, 6) is 0.509. The predicted octanol–water partition coefficient (Wildman–Crippen LogP) is 3.72. The van der Waals surface area contributed by atoms with Crippen molar-refractivity contribution < 1.29 is 4.79 Å². The highest BCUT2D eigenvalue weighted by molar-refractivity contribution is 5.80. The third-order valence-corrected chi connectivity index (χ3v) is 3.24. The number of aryl methyl sites for hydroxylation is 2. The van der Waals surface area contributed by atoms with Crippen molar-refractivity contribution >= 4 is 5.78 Å². The molecule has 0 saturated carbocycles. The maximum absolute atomic E-state index is 11.6. The van der Waals surface area contributed by atoms with Gasteiger partial charge in [-0.15, -0.1) is 0 Å². The number of hydrogen-bond donors (Lipinski definition) is 0. The first-order valence-electron chi connectivity index (χ1n) is 6.19. The Kier molecular flexibility index (Phi) is 4.72. The van der Waals surface area contributed by atoms with Crippen molar-refractivity contribution in [1.82, 2.24) is 0 Å². The molecule has 0 aliphatic carbocycles. The van der Waals surface area contributed by atoms with Crippen molar-refractivity contribution in [2.45, 2.75) is 47.0 Å². The fourth-order valence-corrected chi connectivity index (χ4v) is 2.00. The first kappa shape index (κ1) is 13.0. The molecule has 1 nitrogen and oxygen atoms in total. The molecule has 0 amide bonds. The van der Waals surface area contributed by atoms with Gasteiger partial charge in [0, 0.05) is 12.3 Å². The Bertz CT molecular complexity index is 366. The third-order valence-electron chi connectivity index (χ3n) is 3.24. The van der Waals surface area contributed by atoms with Gasteiger partial charge in [0.2, 0.25) is 0 Å². The maximum atomic E-state index is 11.6. The first-order valence-corrected chi connectivity index (χ1v) is 6.19. The highest BCUT2D eigenvalue weighted by Gasteiger charge is 2.12. The van der Waals surface area contributed by atoms with Crippen LogP contribution in [0.15, 0.2) is 18.2 Å².